The van der Waals surface area contributed by atoms with Crippen LogP contribution in [0.5, 0.6) is 11.5 Å². The SMILES string of the molecule is Br.COc1ccc(OC)c(-c2cn3nc(-c4c[nH]c5ccccc45)sc3n2)c1. The van der Waals surface area contributed by atoms with E-state index in [1.54, 1.807) is 25.6 Å². The van der Waals surface area contributed by atoms with Gasteiger partial charge in [-0.15, -0.1) is 17.0 Å². The number of halogens is 1. The van der Waals surface area contributed by atoms with E-state index in [0.717, 1.165) is 49.2 Å². The third-order valence-electron chi connectivity index (χ3n) is 4.55. The van der Waals surface area contributed by atoms with Crippen molar-refractivity contribution in [2.24, 2.45) is 0 Å². The Hall–Kier alpha value is -2.84. The van der Waals surface area contributed by atoms with Crippen molar-refractivity contribution in [1.82, 2.24) is 19.6 Å². The molecule has 8 heteroatoms. The summed E-state index contributed by atoms with van der Waals surface area (Å²) in [6, 6.07) is 13.9. The van der Waals surface area contributed by atoms with Crippen molar-refractivity contribution in [2.75, 3.05) is 14.2 Å². The zero-order valence-electron chi connectivity index (χ0n) is 15.2. The number of rotatable bonds is 4. The highest BCUT2D eigenvalue weighted by Gasteiger charge is 2.16. The second-order valence-electron chi connectivity index (χ2n) is 6.07. The molecule has 0 aliphatic rings. The van der Waals surface area contributed by atoms with Crippen LogP contribution in [0.3, 0.4) is 0 Å². The van der Waals surface area contributed by atoms with E-state index in [1.165, 1.54) is 0 Å². The standard InChI is InChI=1S/C20H16N4O2S.BrH/c1-25-12-7-8-18(26-2)14(9-12)17-11-24-20(22-17)27-19(23-24)15-10-21-16-6-4-3-5-13(15)16;/h3-11,21H,1-2H3;1H. The number of nitrogens with zero attached hydrogens (tertiary/aromatic N) is 3. The summed E-state index contributed by atoms with van der Waals surface area (Å²) in [7, 11) is 3.30. The molecule has 0 atom stereocenters. The van der Waals surface area contributed by atoms with E-state index in [4.69, 9.17) is 19.6 Å². The van der Waals surface area contributed by atoms with E-state index in [0.29, 0.717) is 0 Å². The molecule has 28 heavy (non-hydrogen) atoms. The summed E-state index contributed by atoms with van der Waals surface area (Å²) < 4.78 is 12.6. The Morgan fingerprint density at radius 3 is 2.68 bits per heavy atom. The zero-order valence-corrected chi connectivity index (χ0v) is 17.7. The van der Waals surface area contributed by atoms with Gasteiger partial charge >= 0.3 is 0 Å². The summed E-state index contributed by atoms with van der Waals surface area (Å²) in [5.41, 5.74) is 3.86. The minimum Gasteiger partial charge on any atom is -0.497 e. The number of hydrogen-bond acceptors (Lipinski definition) is 5. The summed E-state index contributed by atoms with van der Waals surface area (Å²) in [5.74, 6) is 1.51. The lowest BCUT2D eigenvalue weighted by Crippen LogP contribution is -1.90. The van der Waals surface area contributed by atoms with Crippen molar-refractivity contribution in [3.63, 3.8) is 0 Å². The first-order chi connectivity index (χ1) is 13.3. The van der Waals surface area contributed by atoms with E-state index in [1.807, 2.05) is 47.2 Å². The van der Waals surface area contributed by atoms with E-state index in [9.17, 15) is 0 Å². The topological polar surface area (TPSA) is 64.4 Å². The highest BCUT2D eigenvalue weighted by molar-refractivity contribution is 8.93. The molecule has 0 fully saturated rings. The van der Waals surface area contributed by atoms with Crippen molar-refractivity contribution in [1.29, 1.82) is 0 Å². The number of methoxy groups -OCH3 is 2. The molecule has 5 aromatic rings. The van der Waals surface area contributed by atoms with Gasteiger partial charge in [-0.25, -0.2) is 9.50 Å². The van der Waals surface area contributed by atoms with Crippen LogP contribution in [0.4, 0.5) is 0 Å². The number of fused-ring (bicyclic) bond motifs is 2. The molecule has 0 saturated carbocycles. The fraction of sp³-hybridized carbons (Fsp3) is 0.100. The molecule has 0 aliphatic heterocycles. The molecular formula is C20H17BrN4O2S. The maximum Gasteiger partial charge on any atom is 0.213 e. The summed E-state index contributed by atoms with van der Waals surface area (Å²) in [6.45, 7) is 0. The normalized spacial score (nSPS) is 10.9. The molecule has 1 N–H and O–H groups in total. The van der Waals surface area contributed by atoms with Gasteiger partial charge in [0.25, 0.3) is 0 Å². The zero-order chi connectivity index (χ0) is 18.4. The number of aromatic nitrogens is 4. The van der Waals surface area contributed by atoms with E-state index >= 15 is 0 Å². The van der Waals surface area contributed by atoms with Gasteiger partial charge in [0.15, 0.2) is 0 Å². The van der Waals surface area contributed by atoms with Crippen LogP contribution >= 0.6 is 28.3 Å². The van der Waals surface area contributed by atoms with Crippen molar-refractivity contribution in [3.8, 4) is 33.3 Å². The number of hydrogen-bond donors (Lipinski definition) is 1. The van der Waals surface area contributed by atoms with Crippen LogP contribution in [0.2, 0.25) is 0 Å². The Balaban J connectivity index is 0.00000192. The number of nitrogens with one attached hydrogen (secondary N) is 1. The smallest absolute Gasteiger partial charge is 0.213 e. The predicted molar refractivity (Wildman–Crippen MR) is 117 cm³/mol. The summed E-state index contributed by atoms with van der Waals surface area (Å²) in [4.78, 5) is 8.87. The van der Waals surface area contributed by atoms with Gasteiger partial charge in [0.2, 0.25) is 4.96 Å². The summed E-state index contributed by atoms with van der Waals surface area (Å²) in [6.07, 6.45) is 3.91. The van der Waals surface area contributed by atoms with Crippen LogP contribution < -0.4 is 9.47 Å². The number of ether oxygens (including phenoxy) is 2. The number of imidazole rings is 1. The first-order valence-electron chi connectivity index (χ1n) is 8.42. The van der Waals surface area contributed by atoms with E-state index < -0.39 is 0 Å². The quantitative estimate of drug-likeness (QED) is 0.403. The highest BCUT2D eigenvalue weighted by Crippen LogP contribution is 2.36. The Morgan fingerprint density at radius 2 is 1.89 bits per heavy atom. The van der Waals surface area contributed by atoms with Crippen LogP contribution in [-0.4, -0.2) is 33.8 Å². The lowest BCUT2D eigenvalue weighted by Gasteiger charge is -2.08. The summed E-state index contributed by atoms with van der Waals surface area (Å²) in [5, 5.41) is 6.82. The van der Waals surface area contributed by atoms with Crippen LogP contribution in [0, 0.1) is 0 Å². The third kappa shape index (κ3) is 2.94. The minimum absolute atomic E-state index is 0. The van der Waals surface area contributed by atoms with Gasteiger partial charge in [0.05, 0.1) is 26.1 Å². The average molecular weight is 457 g/mol. The first kappa shape index (κ1) is 18.5. The van der Waals surface area contributed by atoms with Crippen molar-refractivity contribution in [3.05, 3.63) is 54.9 Å². The van der Waals surface area contributed by atoms with Gasteiger partial charge < -0.3 is 14.5 Å². The van der Waals surface area contributed by atoms with Crippen LogP contribution in [0.25, 0.3) is 37.7 Å². The number of para-hydroxylation sites is 1. The molecule has 2 aromatic carbocycles. The Bertz CT molecular complexity index is 1240. The Morgan fingerprint density at radius 1 is 1.04 bits per heavy atom. The summed E-state index contributed by atoms with van der Waals surface area (Å²) >= 11 is 1.56. The van der Waals surface area contributed by atoms with Crippen LogP contribution in [0.15, 0.2) is 54.9 Å². The first-order valence-corrected chi connectivity index (χ1v) is 9.23. The molecule has 0 saturated heterocycles. The van der Waals surface area contributed by atoms with Crippen molar-refractivity contribution >= 4 is 44.2 Å². The molecule has 0 amide bonds. The molecule has 0 radical (unpaired) electrons. The Kier molecular flexibility index (Phi) is 4.82. The van der Waals surface area contributed by atoms with Crippen LogP contribution in [0.1, 0.15) is 0 Å². The van der Waals surface area contributed by atoms with Gasteiger partial charge in [-0.2, -0.15) is 5.10 Å². The number of benzene rings is 2. The van der Waals surface area contributed by atoms with E-state index in [-0.39, 0.29) is 17.0 Å². The Labute approximate surface area is 175 Å². The molecule has 3 aromatic heterocycles. The van der Waals surface area contributed by atoms with Crippen LogP contribution in [-0.2, 0) is 0 Å². The fourth-order valence-corrected chi connectivity index (χ4v) is 4.11. The molecule has 0 aliphatic carbocycles. The van der Waals surface area contributed by atoms with Crippen molar-refractivity contribution in [2.45, 2.75) is 0 Å². The molecule has 142 valence electrons. The largest absolute Gasteiger partial charge is 0.497 e. The van der Waals surface area contributed by atoms with Gasteiger partial charge in [-0.3, -0.25) is 0 Å². The lowest BCUT2D eigenvalue weighted by atomic mass is 10.1. The third-order valence-corrected chi connectivity index (χ3v) is 5.50. The monoisotopic (exact) mass is 456 g/mol. The second kappa shape index (κ2) is 7.29. The molecule has 6 nitrogen and oxygen atoms in total. The van der Waals surface area contributed by atoms with Gasteiger partial charge in [-0.05, 0) is 24.3 Å². The lowest BCUT2D eigenvalue weighted by molar-refractivity contribution is 0.404. The maximum atomic E-state index is 5.48. The number of aromatic amines is 1. The van der Waals surface area contributed by atoms with Gasteiger partial charge in [-0.1, -0.05) is 29.5 Å². The molecule has 0 unspecified atom stereocenters. The van der Waals surface area contributed by atoms with E-state index in [2.05, 4.69) is 17.1 Å². The van der Waals surface area contributed by atoms with Gasteiger partial charge in [0, 0.05) is 28.2 Å². The molecule has 0 bridgehead atoms. The minimum atomic E-state index is 0. The highest BCUT2D eigenvalue weighted by atomic mass is 79.9. The second-order valence-corrected chi connectivity index (χ2v) is 7.03. The number of H-pyrrole nitrogens is 1. The molecule has 5 rings (SSSR count). The van der Waals surface area contributed by atoms with Crippen molar-refractivity contribution < 1.29 is 9.47 Å². The van der Waals surface area contributed by atoms with Gasteiger partial charge in [0.1, 0.15) is 16.5 Å². The molecule has 3 heterocycles. The predicted octanol–water partition coefficient (Wildman–Crippen LogP) is 5.20. The molecule has 0 spiro atoms. The average Bonchev–Trinajstić information content (AvgIpc) is 3.39. The molecular weight excluding hydrogens is 440 g/mol. The fourth-order valence-electron chi connectivity index (χ4n) is 3.20. The maximum absolute atomic E-state index is 5.48.